The third-order valence-electron chi connectivity index (χ3n) is 3.48. The highest BCUT2D eigenvalue weighted by Crippen LogP contribution is 2.28. The molecule has 0 saturated carbocycles. The minimum Gasteiger partial charge on any atom is -0.239 e. The van der Waals surface area contributed by atoms with Gasteiger partial charge < -0.3 is 0 Å². The Bertz CT molecular complexity index is 527. The fourth-order valence-corrected chi connectivity index (χ4v) is 2.12. The summed E-state index contributed by atoms with van der Waals surface area (Å²) in [6, 6.07) is 16.3. The monoisotopic (exact) mass is 256 g/mol. The Balaban J connectivity index is 2.27. The van der Waals surface area contributed by atoms with Crippen LogP contribution in [0.3, 0.4) is 0 Å². The van der Waals surface area contributed by atoms with Crippen LogP contribution in [0.4, 0.5) is 4.39 Å². The molecule has 2 aromatic rings. The van der Waals surface area contributed by atoms with E-state index in [0.29, 0.717) is 5.92 Å². The van der Waals surface area contributed by atoms with Crippen molar-refractivity contribution in [1.82, 2.24) is 0 Å². The van der Waals surface area contributed by atoms with Crippen LogP contribution < -0.4 is 0 Å². The minimum absolute atomic E-state index is 0.545. The molecule has 0 bridgehead atoms. The van der Waals surface area contributed by atoms with Gasteiger partial charge in [0.25, 0.3) is 0 Å². The molecule has 1 heteroatoms. The molecule has 2 aromatic carbocycles. The van der Waals surface area contributed by atoms with Gasteiger partial charge in [-0.3, -0.25) is 0 Å². The van der Waals surface area contributed by atoms with Gasteiger partial charge in [-0.15, -0.1) is 0 Å². The van der Waals surface area contributed by atoms with Gasteiger partial charge in [0.15, 0.2) is 0 Å². The molecule has 0 amide bonds. The van der Waals surface area contributed by atoms with Crippen LogP contribution in [-0.4, -0.2) is 0 Å². The first-order valence-corrected chi connectivity index (χ1v) is 6.78. The summed E-state index contributed by atoms with van der Waals surface area (Å²) in [5, 5.41) is 0. The van der Waals surface area contributed by atoms with Crippen LogP contribution in [0.2, 0.25) is 0 Å². The second-order valence-corrected chi connectivity index (χ2v) is 5.83. The maximum absolute atomic E-state index is 13.8. The van der Waals surface area contributed by atoms with Gasteiger partial charge >= 0.3 is 0 Å². The molecular formula is C18H21F. The van der Waals surface area contributed by atoms with E-state index in [1.54, 1.807) is 13.8 Å². The number of benzene rings is 2. The number of alkyl halides is 1. The molecule has 0 heterocycles. The van der Waals surface area contributed by atoms with E-state index in [4.69, 9.17) is 0 Å². The highest BCUT2D eigenvalue weighted by Gasteiger charge is 2.18. The Morgan fingerprint density at radius 3 is 1.58 bits per heavy atom. The lowest BCUT2D eigenvalue weighted by molar-refractivity contribution is 0.221. The summed E-state index contributed by atoms with van der Waals surface area (Å²) in [5.41, 5.74) is 3.08. The second kappa shape index (κ2) is 5.16. The topological polar surface area (TPSA) is 0 Å². The average Bonchev–Trinajstić information content (AvgIpc) is 2.38. The van der Waals surface area contributed by atoms with E-state index in [0.717, 1.165) is 11.1 Å². The summed E-state index contributed by atoms with van der Waals surface area (Å²) in [5.74, 6) is 0.545. The fraction of sp³-hybridized carbons (Fsp3) is 0.333. The van der Waals surface area contributed by atoms with Gasteiger partial charge in [-0.1, -0.05) is 62.4 Å². The number of hydrogen-bond donors (Lipinski definition) is 0. The van der Waals surface area contributed by atoms with Gasteiger partial charge in [0.05, 0.1) is 0 Å². The molecule has 0 spiro atoms. The largest absolute Gasteiger partial charge is 0.239 e. The predicted octanol–water partition coefficient (Wildman–Crippen LogP) is 5.68. The molecule has 0 saturated heterocycles. The van der Waals surface area contributed by atoms with Crippen LogP contribution in [0.15, 0.2) is 48.5 Å². The normalized spacial score (nSPS) is 11.9. The van der Waals surface area contributed by atoms with E-state index in [9.17, 15) is 4.39 Å². The van der Waals surface area contributed by atoms with Crippen molar-refractivity contribution in [2.75, 3.05) is 0 Å². The molecule has 0 N–H and O–H groups in total. The zero-order valence-electron chi connectivity index (χ0n) is 12.1. The van der Waals surface area contributed by atoms with E-state index in [1.807, 2.05) is 24.3 Å². The standard InChI is InChI=1S/C18H21F/c1-13(2)14-5-7-15(8-6-14)16-9-11-17(12-10-16)18(3,4)19/h5-13H,1-4H3. The Morgan fingerprint density at radius 1 is 0.789 bits per heavy atom. The average molecular weight is 256 g/mol. The van der Waals surface area contributed by atoms with Crippen molar-refractivity contribution in [3.05, 3.63) is 59.7 Å². The molecule has 0 aliphatic heterocycles. The quantitative estimate of drug-likeness (QED) is 0.662. The second-order valence-electron chi connectivity index (χ2n) is 5.83. The number of halogens is 1. The lowest BCUT2D eigenvalue weighted by Gasteiger charge is -2.15. The highest BCUT2D eigenvalue weighted by molar-refractivity contribution is 5.64. The summed E-state index contributed by atoms with van der Waals surface area (Å²) in [7, 11) is 0. The van der Waals surface area contributed by atoms with Crippen LogP contribution in [0.5, 0.6) is 0 Å². The van der Waals surface area contributed by atoms with Gasteiger partial charge in [0, 0.05) is 0 Å². The number of hydrogen-bond acceptors (Lipinski definition) is 0. The molecule has 0 atom stereocenters. The van der Waals surface area contributed by atoms with Gasteiger partial charge in [-0.05, 0) is 42.0 Å². The van der Waals surface area contributed by atoms with Crippen LogP contribution in [-0.2, 0) is 5.67 Å². The predicted molar refractivity (Wildman–Crippen MR) is 80.1 cm³/mol. The van der Waals surface area contributed by atoms with E-state index >= 15 is 0 Å². The highest BCUT2D eigenvalue weighted by atomic mass is 19.1. The first-order valence-electron chi connectivity index (χ1n) is 6.78. The Morgan fingerprint density at radius 2 is 1.21 bits per heavy atom. The molecule has 0 fully saturated rings. The van der Waals surface area contributed by atoms with Gasteiger partial charge in [0.2, 0.25) is 0 Å². The zero-order valence-corrected chi connectivity index (χ0v) is 12.1. The molecule has 0 aromatic heterocycles. The van der Waals surface area contributed by atoms with Gasteiger partial charge in [-0.2, -0.15) is 0 Å². The van der Waals surface area contributed by atoms with E-state index in [1.165, 1.54) is 11.1 Å². The summed E-state index contributed by atoms with van der Waals surface area (Å²) >= 11 is 0. The van der Waals surface area contributed by atoms with Crippen molar-refractivity contribution >= 4 is 0 Å². The van der Waals surface area contributed by atoms with Crippen LogP contribution in [0.25, 0.3) is 11.1 Å². The third kappa shape index (κ3) is 3.23. The van der Waals surface area contributed by atoms with Crippen molar-refractivity contribution < 1.29 is 4.39 Å². The maximum atomic E-state index is 13.8. The van der Waals surface area contributed by atoms with Gasteiger partial charge in [0.1, 0.15) is 5.67 Å². The SMILES string of the molecule is CC(C)c1ccc(-c2ccc(C(C)(C)F)cc2)cc1. The van der Waals surface area contributed by atoms with E-state index < -0.39 is 5.67 Å². The van der Waals surface area contributed by atoms with E-state index in [2.05, 4.69) is 38.1 Å². The molecule has 2 rings (SSSR count). The van der Waals surface area contributed by atoms with Crippen molar-refractivity contribution in [2.45, 2.75) is 39.3 Å². The number of rotatable bonds is 3. The van der Waals surface area contributed by atoms with Crippen molar-refractivity contribution in [2.24, 2.45) is 0 Å². The van der Waals surface area contributed by atoms with E-state index in [-0.39, 0.29) is 0 Å². The lowest BCUT2D eigenvalue weighted by Crippen LogP contribution is -2.08. The van der Waals surface area contributed by atoms with Gasteiger partial charge in [-0.25, -0.2) is 4.39 Å². The summed E-state index contributed by atoms with van der Waals surface area (Å²) in [4.78, 5) is 0. The fourth-order valence-electron chi connectivity index (χ4n) is 2.12. The van der Waals surface area contributed by atoms with Crippen LogP contribution in [0.1, 0.15) is 44.7 Å². The molecule has 0 aliphatic carbocycles. The summed E-state index contributed by atoms with van der Waals surface area (Å²) < 4.78 is 13.8. The molecule has 0 radical (unpaired) electrons. The lowest BCUT2D eigenvalue weighted by atomic mass is 9.95. The Labute approximate surface area is 115 Å². The molecular weight excluding hydrogens is 235 g/mol. The first kappa shape index (κ1) is 13.8. The van der Waals surface area contributed by atoms with Crippen molar-refractivity contribution in [3.8, 4) is 11.1 Å². The molecule has 100 valence electrons. The molecule has 0 unspecified atom stereocenters. The van der Waals surface area contributed by atoms with Crippen LogP contribution >= 0.6 is 0 Å². The zero-order chi connectivity index (χ0) is 14.0. The summed E-state index contributed by atoms with van der Waals surface area (Å²) in [6.45, 7) is 7.54. The first-order chi connectivity index (χ1) is 8.88. The smallest absolute Gasteiger partial charge is 0.130 e. The molecule has 0 aliphatic rings. The van der Waals surface area contributed by atoms with Crippen molar-refractivity contribution in [3.63, 3.8) is 0 Å². The molecule has 19 heavy (non-hydrogen) atoms. The Kier molecular flexibility index (Phi) is 3.75. The Hall–Kier alpha value is -1.63. The molecule has 0 nitrogen and oxygen atoms in total. The van der Waals surface area contributed by atoms with Crippen molar-refractivity contribution in [1.29, 1.82) is 0 Å². The summed E-state index contributed by atoms with van der Waals surface area (Å²) in [6.07, 6.45) is 0. The third-order valence-corrected chi connectivity index (χ3v) is 3.48. The van der Waals surface area contributed by atoms with Crippen LogP contribution in [0, 0.1) is 0 Å². The maximum Gasteiger partial charge on any atom is 0.130 e. The minimum atomic E-state index is -1.28.